The van der Waals surface area contributed by atoms with Gasteiger partial charge in [-0.1, -0.05) is 25.1 Å². The van der Waals surface area contributed by atoms with Crippen molar-refractivity contribution in [2.45, 2.75) is 32.7 Å². The van der Waals surface area contributed by atoms with E-state index in [-0.39, 0.29) is 11.9 Å². The van der Waals surface area contributed by atoms with Crippen molar-refractivity contribution in [3.05, 3.63) is 30.3 Å². The maximum absolute atomic E-state index is 12.1. The maximum Gasteiger partial charge on any atom is 0.237 e. The lowest BCUT2D eigenvalue weighted by Gasteiger charge is -2.23. The second-order valence-electron chi connectivity index (χ2n) is 5.76. The fraction of sp³-hybridized carbons (Fsp3) is 0.588. The van der Waals surface area contributed by atoms with E-state index in [9.17, 15) is 4.79 Å². The standard InChI is InChI=1S/C17H27N3O/c1-3-20(15-8-5-4-6-9-15)13-7-11-19-17(21)16-14(2)10-12-18-16/h4-6,8-9,14,16,18H,3,7,10-13H2,1-2H3,(H,19,21). The highest BCUT2D eigenvalue weighted by molar-refractivity contribution is 5.82. The first kappa shape index (κ1) is 15.8. The van der Waals surface area contributed by atoms with E-state index < -0.39 is 0 Å². The minimum absolute atomic E-state index is 0.00130. The number of carbonyl (C=O) groups is 1. The number of amides is 1. The van der Waals surface area contributed by atoms with Gasteiger partial charge in [0.15, 0.2) is 0 Å². The second-order valence-corrected chi connectivity index (χ2v) is 5.76. The number of anilines is 1. The van der Waals surface area contributed by atoms with E-state index in [4.69, 9.17) is 0 Å². The molecule has 2 rings (SSSR count). The minimum Gasteiger partial charge on any atom is -0.372 e. The van der Waals surface area contributed by atoms with Gasteiger partial charge in [0.25, 0.3) is 0 Å². The van der Waals surface area contributed by atoms with Gasteiger partial charge < -0.3 is 15.5 Å². The summed E-state index contributed by atoms with van der Waals surface area (Å²) < 4.78 is 0. The van der Waals surface area contributed by atoms with E-state index in [1.54, 1.807) is 0 Å². The minimum atomic E-state index is 0.00130. The predicted octanol–water partition coefficient (Wildman–Crippen LogP) is 2.02. The molecule has 1 aromatic carbocycles. The van der Waals surface area contributed by atoms with Crippen LogP contribution in [-0.4, -0.2) is 38.1 Å². The molecule has 0 spiro atoms. The van der Waals surface area contributed by atoms with Crippen LogP contribution in [0.2, 0.25) is 0 Å². The smallest absolute Gasteiger partial charge is 0.237 e. The van der Waals surface area contributed by atoms with Crippen molar-refractivity contribution in [1.29, 1.82) is 0 Å². The van der Waals surface area contributed by atoms with Crippen molar-refractivity contribution < 1.29 is 4.79 Å². The molecule has 1 fully saturated rings. The molecule has 1 amide bonds. The first-order chi connectivity index (χ1) is 10.2. The number of benzene rings is 1. The van der Waals surface area contributed by atoms with Crippen LogP contribution in [0.5, 0.6) is 0 Å². The molecule has 1 saturated heterocycles. The van der Waals surface area contributed by atoms with E-state index in [0.29, 0.717) is 5.92 Å². The van der Waals surface area contributed by atoms with E-state index in [1.165, 1.54) is 5.69 Å². The fourth-order valence-corrected chi connectivity index (χ4v) is 2.89. The number of hydrogen-bond donors (Lipinski definition) is 2. The molecule has 1 aromatic rings. The van der Waals surface area contributed by atoms with Crippen molar-refractivity contribution in [3.63, 3.8) is 0 Å². The Balaban J connectivity index is 1.70. The predicted molar refractivity (Wildman–Crippen MR) is 87.5 cm³/mol. The van der Waals surface area contributed by atoms with Crippen LogP contribution < -0.4 is 15.5 Å². The van der Waals surface area contributed by atoms with Crippen LogP contribution in [0.25, 0.3) is 0 Å². The van der Waals surface area contributed by atoms with Gasteiger partial charge in [-0.2, -0.15) is 0 Å². The van der Waals surface area contributed by atoms with Gasteiger partial charge >= 0.3 is 0 Å². The third-order valence-corrected chi connectivity index (χ3v) is 4.22. The molecule has 1 heterocycles. The molecule has 1 aliphatic heterocycles. The van der Waals surface area contributed by atoms with Crippen LogP contribution in [0.1, 0.15) is 26.7 Å². The van der Waals surface area contributed by atoms with Gasteiger partial charge in [0.1, 0.15) is 0 Å². The number of para-hydroxylation sites is 1. The molecule has 4 heteroatoms. The van der Waals surface area contributed by atoms with Crippen molar-refractivity contribution >= 4 is 11.6 Å². The van der Waals surface area contributed by atoms with E-state index in [1.807, 2.05) is 6.07 Å². The topological polar surface area (TPSA) is 44.4 Å². The number of hydrogen-bond acceptors (Lipinski definition) is 3. The highest BCUT2D eigenvalue weighted by Crippen LogP contribution is 2.14. The normalized spacial score (nSPS) is 21.2. The second kappa shape index (κ2) is 8.03. The van der Waals surface area contributed by atoms with Gasteiger partial charge in [-0.25, -0.2) is 0 Å². The average Bonchev–Trinajstić information content (AvgIpc) is 2.94. The molecule has 0 bridgehead atoms. The Labute approximate surface area is 127 Å². The summed E-state index contributed by atoms with van der Waals surface area (Å²) in [4.78, 5) is 14.4. The number of nitrogens with one attached hydrogen (secondary N) is 2. The molecular formula is C17H27N3O. The van der Waals surface area contributed by atoms with Gasteiger partial charge in [-0.05, 0) is 44.4 Å². The molecule has 0 radical (unpaired) electrons. The summed E-state index contributed by atoms with van der Waals surface area (Å²) in [6, 6.07) is 10.4. The third-order valence-electron chi connectivity index (χ3n) is 4.22. The Morgan fingerprint density at radius 2 is 2.14 bits per heavy atom. The SMILES string of the molecule is CCN(CCCNC(=O)C1NCCC1C)c1ccccc1. The quantitative estimate of drug-likeness (QED) is 0.755. The Hall–Kier alpha value is -1.55. The summed E-state index contributed by atoms with van der Waals surface area (Å²) in [6.45, 7) is 7.95. The van der Waals surface area contributed by atoms with Crippen LogP contribution in [0, 0.1) is 5.92 Å². The Morgan fingerprint density at radius 3 is 2.76 bits per heavy atom. The third kappa shape index (κ3) is 4.46. The van der Waals surface area contributed by atoms with Gasteiger partial charge in [-0.3, -0.25) is 4.79 Å². The molecule has 116 valence electrons. The van der Waals surface area contributed by atoms with Crippen molar-refractivity contribution in [1.82, 2.24) is 10.6 Å². The molecule has 0 aliphatic carbocycles. The van der Waals surface area contributed by atoms with Crippen molar-refractivity contribution in [2.75, 3.05) is 31.1 Å². The lowest BCUT2D eigenvalue weighted by molar-refractivity contribution is -0.123. The molecule has 0 aromatic heterocycles. The summed E-state index contributed by atoms with van der Waals surface area (Å²) >= 11 is 0. The highest BCUT2D eigenvalue weighted by Gasteiger charge is 2.28. The zero-order chi connectivity index (χ0) is 15.1. The molecule has 2 N–H and O–H groups in total. The van der Waals surface area contributed by atoms with Crippen LogP contribution in [0.4, 0.5) is 5.69 Å². The van der Waals surface area contributed by atoms with Crippen molar-refractivity contribution in [3.8, 4) is 0 Å². The zero-order valence-corrected chi connectivity index (χ0v) is 13.1. The molecule has 21 heavy (non-hydrogen) atoms. The highest BCUT2D eigenvalue weighted by atomic mass is 16.2. The summed E-state index contributed by atoms with van der Waals surface area (Å²) in [5.74, 6) is 0.601. The molecule has 2 unspecified atom stereocenters. The average molecular weight is 289 g/mol. The maximum atomic E-state index is 12.1. The van der Waals surface area contributed by atoms with Crippen LogP contribution in [-0.2, 0) is 4.79 Å². The van der Waals surface area contributed by atoms with Crippen LogP contribution >= 0.6 is 0 Å². The molecule has 1 aliphatic rings. The number of nitrogens with zero attached hydrogens (tertiary/aromatic N) is 1. The Kier molecular flexibility index (Phi) is 6.05. The largest absolute Gasteiger partial charge is 0.372 e. The molecule has 0 saturated carbocycles. The first-order valence-electron chi connectivity index (χ1n) is 8.03. The van der Waals surface area contributed by atoms with E-state index >= 15 is 0 Å². The summed E-state index contributed by atoms with van der Waals surface area (Å²) in [5.41, 5.74) is 1.25. The van der Waals surface area contributed by atoms with Crippen LogP contribution in [0.3, 0.4) is 0 Å². The first-order valence-corrected chi connectivity index (χ1v) is 8.03. The fourth-order valence-electron chi connectivity index (χ4n) is 2.89. The molecule has 4 nitrogen and oxygen atoms in total. The summed E-state index contributed by atoms with van der Waals surface area (Å²) in [6.07, 6.45) is 2.06. The molecular weight excluding hydrogens is 262 g/mol. The van der Waals surface area contributed by atoms with E-state index in [2.05, 4.69) is 53.6 Å². The van der Waals surface area contributed by atoms with Gasteiger partial charge in [0.05, 0.1) is 6.04 Å². The zero-order valence-electron chi connectivity index (χ0n) is 13.1. The monoisotopic (exact) mass is 289 g/mol. The van der Waals surface area contributed by atoms with Crippen molar-refractivity contribution in [2.24, 2.45) is 5.92 Å². The van der Waals surface area contributed by atoms with Crippen LogP contribution in [0.15, 0.2) is 30.3 Å². The lowest BCUT2D eigenvalue weighted by Crippen LogP contribution is -2.44. The van der Waals surface area contributed by atoms with Gasteiger partial charge in [0.2, 0.25) is 5.91 Å². The Morgan fingerprint density at radius 1 is 1.38 bits per heavy atom. The van der Waals surface area contributed by atoms with E-state index in [0.717, 1.165) is 39.0 Å². The molecule has 2 atom stereocenters. The Bertz CT molecular complexity index is 435. The van der Waals surface area contributed by atoms with Gasteiger partial charge in [0, 0.05) is 25.3 Å². The lowest BCUT2D eigenvalue weighted by atomic mass is 10.0. The van der Waals surface area contributed by atoms with Gasteiger partial charge in [-0.15, -0.1) is 0 Å². The number of rotatable bonds is 7. The number of carbonyl (C=O) groups excluding carboxylic acids is 1. The summed E-state index contributed by atoms with van der Waals surface area (Å²) in [7, 11) is 0. The summed E-state index contributed by atoms with van der Waals surface area (Å²) in [5, 5.41) is 6.33.